The fourth-order valence-corrected chi connectivity index (χ4v) is 3.49. The second-order valence-electron chi connectivity index (χ2n) is 6.70. The first kappa shape index (κ1) is 17.9. The van der Waals surface area contributed by atoms with E-state index >= 15 is 0 Å². The standard InChI is InChI=1S/C23H17F2NO2/c1-14-6-8-15(9-7-14)20-21(18-4-2-3-5-19(18)25)26(23(28)22(20)27)17-12-10-16(24)11-13-17/h2-13,21,27H,1H3/t21-/m0/s1. The van der Waals surface area contributed by atoms with E-state index in [1.54, 1.807) is 30.3 Å². The van der Waals surface area contributed by atoms with E-state index in [-0.39, 0.29) is 5.56 Å². The van der Waals surface area contributed by atoms with Crippen molar-refractivity contribution in [2.45, 2.75) is 13.0 Å². The molecule has 3 nitrogen and oxygen atoms in total. The number of halogens is 2. The maximum absolute atomic E-state index is 14.7. The van der Waals surface area contributed by atoms with Gasteiger partial charge < -0.3 is 5.11 Å². The minimum Gasteiger partial charge on any atom is -0.503 e. The molecule has 0 bridgehead atoms. The Bertz CT molecular complexity index is 1070. The highest BCUT2D eigenvalue weighted by atomic mass is 19.1. The number of amides is 1. The highest BCUT2D eigenvalue weighted by Gasteiger charge is 2.42. The fourth-order valence-electron chi connectivity index (χ4n) is 3.49. The van der Waals surface area contributed by atoms with Crippen LogP contribution in [0.1, 0.15) is 22.7 Å². The summed E-state index contributed by atoms with van der Waals surface area (Å²) in [6, 6.07) is 17.9. The van der Waals surface area contributed by atoms with Crippen molar-refractivity contribution in [1.29, 1.82) is 0 Å². The zero-order valence-corrected chi connectivity index (χ0v) is 15.1. The van der Waals surface area contributed by atoms with Gasteiger partial charge in [-0.15, -0.1) is 0 Å². The minimum absolute atomic E-state index is 0.250. The van der Waals surface area contributed by atoms with Crippen molar-refractivity contribution in [3.05, 3.63) is 107 Å². The van der Waals surface area contributed by atoms with Crippen molar-refractivity contribution in [1.82, 2.24) is 0 Å². The molecule has 0 unspecified atom stereocenters. The summed E-state index contributed by atoms with van der Waals surface area (Å²) < 4.78 is 28.1. The molecule has 1 aliphatic rings. The van der Waals surface area contributed by atoms with E-state index in [9.17, 15) is 18.7 Å². The molecule has 0 fully saturated rings. The van der Waals surface area contributed by atoms with Crippen LogP contribution in [0.5, 0.6) is 0 Å². The van der Waals surface area contributed by atoms with Gasteiger partial charge in [0.2, 0.25) is 0 Å². The van der Waals surface area contributed by atoms with Gasteiger partial charge in [-0.3, -0.25) is 9.69 Å². The molecule has 140 valence electrons. The number of carbonyl (C=O) groups is 1. The molecule has 1 N–H and O–H groups in total. The van der Waals surface area contributed by atoms with E-state index < -0.39 is 29.3 Å². The molecule has 0 saturated heterocycles. The van der Waals surface area contributed by atoms with Crippen LogP contribution in [0.3, 0.4) is 0 Å². The first-order valence-electron chi connectivity index (χ1n) is 8.81. The molecule has 3 aromatic carbocycles. The SMILES string of the molecule is Cc1ccc(C2=C(O)C(=O)N(c3ccc(F)cc3)[C@H]2c2ccccc2F)cc1. The average Bonchev–Trinajstić information content (AvgIpc) is 2.95. The summed E-state index contributed by atoms with van der Waals surface area (Å²) in [5, 5.41) is 10.7. The molecule has 0 spiro atoms. The number of aliphatic hydroxyl groups is 1. The Balaban J connectivity index is 1.93. The van der Waals surface area contributed by atoms with Crippen LogP contribution in [0.4, 0.5) is 14.5 Å². The lowest BCUT2D eigenvalue weighted by Gasteiger charge is -2.27. The van der Waals surface area contributed by atoms with Crippen molar-refractivity contribution in [2.24, 2.45) is 0 Å². The summed E-state index contributed by atoms with van der Waals surface area (Å²) in [7, 11) is 0. The molecule has 0 aromatic heterocycles. The molecule has 0 radical (unpaired) electrons. The van der Waals surface area contributed by atoms with Crippen LogP contribution in [-0.4, -0.2) is 11.0 Å². The molecule has 1 amide bonds. The molecule has 28 heavy (non-hydrogen) atoms. The molecular weight excluding hydrogens is 360 g/mol. The van der Waals surface area contributed by atoms with Crippen LogP contribution >= 0.6 is 0 Å². The van der Waals surface area contributed by atoms with E-state index in [1.807, 2.05) is 19.1 Å². The molecular formula is C23H17F2NO2. The number of carbonyl (C=O) groups excluding carboxylic acids is 1. The summed E-state index contributed by atoms with van der Waals surface area (Å²) in [6.45, 7) is 1.93. The average molecular weight is 377 g/mol. The Morgan fingerprint density at radius 3 is 2.18 bits per heavy atom. The van der Waals surface area contributed by atoms with Gasteiger partial charge in [0.05, 0.1) is 6.04 Å². The van der Waals surface area contributed by atoms with Crippen LogP contribution < -0.4 is 4.90 Å². The Kier molecular flexibility index (Phi) is 4.43. The van der Waals surface area contributed by atoms with Crippen LogP contribution in [0, 0.1) is 18.6 Å². The summed E-state index contributed by atoms with van der Waals surface area (Å²) >= 11 is 0. The van der Waals surface area contributed by atoms with Gasteiger partial charge in [0.1, 0.15) is 11.6 Å². The van der Waals surface area contributed by atoms with Crippen molar-refractivity contribution < 1.29 is 18.7 Å². The summed E-state index contributed by atoms with van der Waals surface area (Å²) in [5.74, 6) is -2.04. The lowest BCUT2D eigenvalue weighted by Crippen LogP contribution is -2.30. The molecule has 5 heteroatoms. The van der Waals surface area contributed by atoms with E-state index in [2.05, 4.69) is 0 Å². The number of anilines is 1. The van der Waals surface area contributed by atoms with Crippen molar-refractivity contribution in [3.8, 4) is 0 Å². The van der Waals surface area contributed by atoms with Gasteiger partial charge in [-0.2, -0.15) is 0 Å². The Hall–Kier alpha value is -3.47. The van der Waals surface area contributed by atoms with Gasteiger partial charge in [0, 0.05) is 16.8 Å². The van der Waals surface area contributed by atoms with Gasteiger partial charge in [0.15, 0.2) is 5.76 Å². The maximum atomic E-state index is 14.7. The van der Waals surface area contributed by atoms with Gasteiger partial charge in [-0.1, -0.05) is 48.0 Å². The second kappa shape index (κ2) is 6.93. The molecule has 0 saturated carbocycles. The third kappa shape index (κ3) is 2.95. The first-order valence-corrected chi connectivity index (χ1v) is 8.81. The van der Waals surface area contributed by atoms with Gasteiger partial charge in [-0.25, -0.2) is 8.78 Å². The number of hydrogen-bond acceptors (Lipinski definition) is 2. The predicted octanol–water partition coefficient (Wildman–Crippen LogP) is 5.33. The Morgan fingerprint density at radius 1 is 0.893 bits per heavy atom. The van der Waals surface area contributed by atoms with E-state index in [4.69, 9.17) is 0 Å². The quantitative estimate of drug-likeness (QED) is 0.670. The van der Waals surface area contributed by atoms with Gasteiger partial charge in [-0.05, 0) is 42.8 Å². The highest BCUT2D eigenvalue weighted by molar-refractivity contribution is 6.15. The zero-order chi connectivity index (χ0) is 19.8. The molecule has 1 aliphatic heterocycles. The van der Waals surface area contributed by atoms with E-state index in [0.29, 0.717) is 16.8 Å². The van der Waals surface area contributed by atoms with Crippen molar-refractivity contribution >= 4 is 17.2 Å². The van der Waals surface area contributed by atoms with Crippen molar-refractivity contribution in [2.75, 3.05) is 4.90 Å². The van der Waals surface area contributed by atoms with Crippen LogP contribution in [0.25, 0.3) is 5.57 Å². The maximum Gasteiger partial charge on any atom is 0.294 e. The van der Waals surface area contributed by atoms with Crippen molar-refractivity contribution in [3.63, 3.8) is 0 Å². The fraction of sp³-hybridized carbons (Fsp3) is 0.0870. The number of aliphatic hydroxyl groups excluding tert-OH is 1. The van der Waals surface area contributed by atoms with Gasteiger partial charge in [0.25, 0.3) is 5.91 Å². The van der Waals surface area contributed by atoms with Gasteiger partial charge >= 0.3 is 0 Å². The third-order valence-electron chi connectivity index (χ3n) is 4.88. The summed E-state index contributed by atoms with van der Waals surface area (Å²) in [4.78, 5) is 14.2. The van der Waals surface area contributed by atoms with E-state index in [0.717, 1.165) is 5.56 Å². The number of rotatable bonds is 3. The zero-order valence-electron chi connectivity index (χ0n) is 15.1. The predicted molar refractivity (Wildman–Crippen MR) is 104 cm³/mol. The van der Waals surface area contributed by atoms with Crippen LogP contribution in [0.2, 0.25) is 0 Å². The normalized spacial score (nSPS) is 16.8. The number of aryl methyl sites for hydroxylation is 1. The summed E-state index contributed by atoms with van der Waals surface area (Å²) in [6.07, 6.45) is 0. The first-order chi connectivity index (χ1) is 13.5. The second-order valence-corrected chi connectivity index (χ2v) is 6.70. The number of nitrogens with zero attached hydrogens (tertiary/aromatic N) is 1. The Morgan fingerprint density at radius 2 is 1.54 bits per heavy atom. The smallest absolute Gasteiger partial charge is 0.294 e. The van der Waals surface area contributed by atoms with E-state index in [1.165, 1.54) is 35.2 Å². The molecule has 1 heterocycles. The largest absolute Gasteiger partial charge is 0.503 e. The molecule has 1 atom stereocenters. The molecule has 0 aliphatic carbocycles. The number of benzene rings is 3. The van der Waals surface area contributed by atoms with Crippen LogP contribution in [0.15, 0.2) is 78.6 Å². The number of hydrogen-bond donors (Lipinski definition) is 1. The monoisotopic (exact) mass is 377 g/mol. The third-order valence-corrected chi connectivity index (χ3v) is 4.88. The lowest BCUT2D eigenvalue weighted by molar-refractivity contribution is -0.117. The van der Waals surface area contributed by atoms with Crippen LogP contribution in [-0.2, 0) is 4.79 Å². The minimum atomic E-state index is -0.873. The Labute approximate surface area is 161 Å². The molecule has 3 aromatic rings. The highest BCUT2D eigenvalue weighted by Crippen LogP contribution is 2.45. The topological polar surface area (TPSA) is 40.5 Å². The lowest BCUT2D eigenvalue weighted by atomic mass is 9.92. The molecule has 4 rings (SSSR count). The summed E-state index contributed by atoms with van der Waals surface area (Å²) in [5.41, 5.74) is 2.58.